The minimum absolute atomic E-state index is 0.00861. The lowest BCUT2D eigenvalue weighted by Gasteiger charge is -2.24. The van der Waals surface area contributed by atoms with E-state index in [1.165, 1.54) is 12.1 Å². The van der Waals surface area contributed by atoms with Gasteiger partial charge in [0.25, 0.3) is 5.69 Å². The van der Waals surface area contributed by atoms with Crippen molar-refractivity contribution < 1.29 is 14.5 Å². The van der Waals surface area contributed by atoms with Crippen LogP contribution in [0.2, 0.25) is 0 Å². The number of amides is 1. The lowest BCUT2D eigenvalue weighted by Crippen LogP contribution is -2.35. The monoisotopic (exact) mass is 373 g/mol. The number of rotatable bonds is 4. The van der Waals surface area contributed by atoms with E-state index in [1.54, 1.807) is 17.2 Å². The number of anilines is 1. The van der Waals surface area contributed by atoms with Gasteiger partial charge in [-0.25, -0.2) is 9.78 Å². The molecule has 1 aliphatic heterocycles. The van der Waals surface area contributed by atoms with E-state index in [0.29, 0.717) is 42.4 Å². The van der Waals surface area contributed by atoms with Gasteiger partial charge in [-0.15, -0.1) is 0 Å². The van der Waals surface area contributed by atoms with Gasteiger partial charge in [-0.3, -0.25) is 15.1 Å². The molecule has 0 spiro atoms. The smallest absolute Gasteiger partial charge is 0.410 e. The van der Waals surface area contributed by atoms with Gasteiger partial charge >= 0.3 is 6.09 Å². The number of nitrogens with one attached hydrogen (secondary N) is 1. The lowest BCUT2D eigenvalue weighted by molar-refractivity contribution is -0.384. The molecule has 0 saturated carbocycles. The highest BCUT2D eigenvalue weighted by Crippen LogP contribution is 2.21. The van der Waals surface area contributed by atoms with Crippen molar-refractivity contribution in [2.45, 2.75) is 32.8 Å². The quantitative estimate of drug-likeness (QED) is 0.647. The summed E-state index contributed by atoms with van der Waals surface area (Å²) in [4.78, 5) is 32.9. The molecule has 1 saturated heterocycles. The number of hydrogen-bond donors (Lipinski definition) is 1. The summed E-state index contributed by atoms with van der Waals surface area (Å²) < 4.78 is 5.40. The number of non-ortho nitro benzene ring substituents is 1. The van der Waals surface area contributed by atoms with Gasteiger partial charge in [-0.1, -0.05) is 0 Å². The third-order valence-electron chi connectivity index (χ3n) is 4.25. The van der Waals surface area contributed by atoms with Gasteiger partial charge in [-0.2, -0.15) is 0 Å². The molecule has 27 heavy (non-hydrogen) atoms. The molecule has 1 fully saturated rings. The van der Waals surface area contributed by atoms with Gasteiger partial charge in [0.15, 0.2) is 0 Å². The zero-order chi connectivity index (χ0) is 19.6. The average molecular weight is 373 g/mol. The van der Waals surface area contributed by atoms with E-state index < -0.39 is 10.5 Å². The number of likely N-dealkylation sites (tertiary alicyclic amines) is 1. The molecule has 9 heteroatoms. The first-order chi connectivity index (χ1) is 12.7. The SMILES string of the molecule is CC(C)(C)OC(=O)N1CC[C@H](CNc2cnc3cc([N+](=O)[O-])ccc3n2)C1. The molecular formula is C18H23N5O4. The molecule has 0 unspecified atom stereocenters. The van der Waals surface area contributed by atoms with E-state index in [9.17, 15) is 14.9 Å². The molecule has 0 bridgehead atoms. The van der Waals surface area contributed by atoms with Crippen LogP contribution in [0.3, 0.4) is 0 Å². The molecular weight excluding hydrogens is 350 g/mol. The van der Waals surface area contributed by atoms with Gasteiger partial charge in [0.2, 0.25) is 0 Å². The summed E-state index contributed by atoms with van der Waals surface area (Å²) in [6, 6.07) is 4.41. The Morgan fingerprint density at radius 3 is 2.89 bits per heavy atom. The van der Waals surface area contributed by atoms with Crippen LogP contribution in [0.4, 0.5) is 16.3 Å². The minimum Gasteiger partial charge on any atom is -0.444 e. The van der Waals surface area contributed by atoms with E-state index in [-0.39, 0.29) is 11.8 Å². The Morgan fingerprint density at radius 2 is 2.19 bits per heavy atom. The summed E-state index contributed by atoms with van der Waals surface area (Å²) in [5, 5.41) is 14.1. The van der Waals surface area contributed by atoms with Crippen LogP contribution in [0.5, 0.6) is 0 Å². The van der Waals surface area contributed by atoms with Crippen LogP contribution in [0.25, 0.3) is 11.0 Å². The van der Waals surface area contributed by atoms with E-state index in [0.717, 1.165) is 6.42 Å². The Labute approximate surface area is 156 Å². The molecule has 2 aromatic rings. The van der Waals surface area contributed by atoms with Crippen molar-refractivity contribution in [3.05, 3.63) is 34.5 Å². The van der Waals surface area contributed by atoms with Gasteiger partial charge in [-0.05, 0) is 39.2 Å². The van der Waals surface area contributed by atoms with Crippen LogP contribution in [0, 0.1) is 16.0 Å². The number of benzene rings is 1. The molecule has 0 radical (unpaired) electrons. The molecule has 1 atom stereocenters. The number of nitro benzene ring substituents is 1. The largest absolute Gasteiger partial charge is 0.444 e. The lowest BCUT2D eigenvalue weighted by atomic mass is 10.1. The maximum absolute atomic E-state index is 12.1. The van der Waals surface area contributed by atoms with E-state index in [4.69, 9.17) is 4.74 Å². The maximum Gasteiger partial charge on any atom is 0.410 e. The number of fused-ring (bicyclic) bond motifs is 1. The summed E-state index contributed by atoms with van der Waals surface area (Å²) in [7, 11) is 0. The van der Waals surface area contributed by atoms with Crippen LogP contribution in [0.1, 0.15) is 27.2 Å². The highest BCUT2D eigenvalue weighted by molar-refractivity contribution is 5.78. The topological polar surface area (TPSA) is 110 Å². The Hall–Kier alpha value is -2.97. The first-order valence-corrected chi connectivity index (χ1v) is 8.84. The second kappa shape index (κ2) is 7.34. The molecule has 1 aliphatic rings. The Morgan fingerprint density at radius 1 is 1.41 bits per heavy atom. The molecule has 9 nitrogen and oxygen atoms in total. The number of nitro groups is 1. The average Bonchev–Trinajstić information content (AvgIpc) is 3.07. The first kappa shape index (κ1) is 18.8. The minimum atomic E-state index is -0.497. The summed E-state index contributed by atoms with van der Waals surface area (Å²) in [5.41, 5.74) is 0.563. The second-order valence-electron chi connectivity index (χ2n) is 7.65. The number of aromatic nitrogens is 2. The van der Waals surface area contributed by atoms with E-state index >= 15 is 0 Å². The van der Waals surface area contributed by atoms with Crippen molar-refractivity contribution >= 4 is 28.6 Å². The summed E-state index contributed by atoms with van der Waals surface area (Å²) in [5.74, 6) is 0.902. The number of hydrogen-bond acceptors (Lipinski definition) is 7. The molecule has 3 rings (SSSR count). The fraction of sp³-hybridized carbons (Fsp3) is 0.500. The first-order valence-electron chi connectivity index (χ1n) is 8.84. The zero-order valence-corrected chi connectivity index (χ0v) is 15.6. The standard InChI is InChI=1S/C18H23N5O4/c1-18(2,3)27-17(24)22-7-6-12(11-22)9-20-16-10-19-15-8-13(23(25)26)4-5-14(15)21-16/h4-5,8,10,12H,6-7,9,11H2,1-3H3,(H,20,21)/t12-/m1/s1. The van der Waals surface area contributed by atoms with Gasteiger partial charge in [0.05, 0.1) is 22.2 Å². The molecule has 1 aromatic heterocycles. The van der Waals surface area contributed by atoms with Crippen LogP contribution in [-0.2, 0) is 4.74 Å². The van der Waals surface area contributed by atoms with E-state index in [1.807, 2.05) is 20.8 Å². The highest BCUT2D eigenvalue weighted by atomic mass is 16.6. The van der Waals surface area contributed by atoms with Gasteiger partial charge < -0.3 is 15.0 Å². The summed E-state index contributed by atoms with van der Waals surface area (Å²) >= 11 is 0. The summed E-state index contributed by atoms with van der Waals surface area (Å²) in [6.45, 7) is 7.53. The van der Waals surface area contributed by atoms with Gasteiger partial charge in [0.1, 0.15) is 11.4 Å². The Balaban J connectivity index is 1.57. The van der Waals surface area contributed by atoms with Crippen molar-refractivity contribution in [1.29, 1.82) is 0 Å². The van der Waals surface area contributed by atoms with Crippen molar-refractivity contribution in [1.82, 2.24) is 14.9 Å². The third-order valence-corrected chi connectivity index (χ3v) is 4.25. The Bertz CT molecular complexity index is 864. The highest BCUT2D eigenvalue weighted by Gasteiger charge is 2.29. The summed E-state index contributed by atoms with van der Waals surface area (Å²) in [6.07, 6.45) is 2.17. The number of carbonyl (C=O) groups excluding carboxylic acids is 1. The third kappa shape index (κ3) is 4.81. The molecule has 1 amide bonds. The molecule has 144 valence electrons. The van der Waals surface area contributed by atoms with Crippen LogP contribution >= 0.6 is 0 Å². The van der Waals surface area contributed by atoms with Crippen molar-refractivity contribution in [3.8, 4) is 0 Å². The van der Waals surface area contributed by atoms with Crippen molar-refractivity contribution in [2.75, 3.05) is 25.0 Å². The fourth-order valence-corrected chi connectivity index (χ4v) is 2.94. The van der Waals surface area contributed by atoms with E-state index in [2.05, 4.69) is 15.3 Å². The fourth-order valence-electron chi connectivity index (χ4n) is 2.94. The van der Waals surface area contributed by atoms with Gasteiger partial charge in [0, 0.05) is 31.8 Å². The predicted molar refractivity (Wildman–Crippen MR) is 101 cm³/mol. The molecule has 1 aromatic carbocycles. The van der Waals surface area contributed by atoms with Crippen LogP contribution in [0.15, 0.2) is 24.4 Å². The zero-order valence-electron chi connectivity index (χ0n) is 15.6. The number of ether oxygens (including phenoxy) is 1. The van der Waals surface area contributed by atoms with Crippen LogP contribution in [-0.4, -0.2) is 51.1 Å². The predicted octanol–water partition coefficient (Wildman–Crippen LogP) is 3.21. The van der Waals surface area contributed by atoms with Crippen molar-refractivity contribution in [3.63, 3.8) is 0 Å². The molecule has 0 aliphatic carbocycles. The van der Waals surface area contributed by atoms with Crippen molar-refractivity contribution in [2.24, 2.45) is 5.92 Å². The Kier molecular flexibility index (Phi) is 5.11. The normalized spacial score (nSPS) is 17.1. The maximum atomic E-state index is 12.1. The van der Waals surface area contributed by atoms with Crippen LogP contribution < -0.4 is 5.32 Å². The second-order valence-corrected chi connectivity index (χ2v) is 7.65. The number of nitrogens with zero attached hydrogens (tertiary/aromatic N) is 4. The molecule has 1 N–H and O–H groups in total. The number of carbonyl (C=O) groups is 1. The molecule has 2 heterocycles.